The summed E-state index contributed by atoms with van der Waals surface area (Å²) in [4.78, 5) is 4.36. The van der Waals surface area contributed by atoms with E-state index in [0.29, 0.717) is 10.7 Å². The normalized spacial score (nSPS) is 11.2. The van der Waals surface area contributed by atoms with Gasteiger partial charge in [0.25, 0.3) is 0 Å². The van der Waals surface area contributed by atoms with Gasteiger partial charge in [0.15, 0.2) is 4.32 Å². The third kappa shape index (κ3) is 4.43. The molecule has 0 atom stereocenters. The van der Waals surface area contributed by atoms with Crippen molar-refractivity contribution in [2.45, 2.75) is 6.42 Å². The fourth-order valence-electron chi connectivity index (χ4n) is 1.67. The van der Waals surface area contributed by atoms with Gasteiger partial charge in [-0.1, -0.05) is 60.4 Å². The monoisotopic (exact) mass is 301 g/mol. The fourth-order valence-corrected chi connectivity index (χ4v) is 1.85. The van der Waals surface area contributed by atoms with E-state index in [9.17, 15) is 0 Å². The Bertz CT molecular complexity index is 583. The molecule has 0 unspecified atom stereocenters. The van der Waals surface area contributed by atoms with Crippen LogP contribution in [-0.2, 0) is 6.42 Å². The molecule has 0 spiro atoms. The van der Waals surface area contributed by atoms with Gasteiger partial charge in [-0.05, 0) is 24.0 Å². The number of thiocarbonyl (C=S) groups is 1. The maximum atomic E-state index is 5.11. The van der Waals surface area contributed by atoms with Gasteiger partial charge in [-0.3, -0.25) is 10.4 Å². The molecule has 1 N–H and O–H groups in total. The molecule has 0 saturated carbocycles. The van der Waals surface area contributed by atoms with Gasteiger partial charge in [-0.2, -0.15) is 5.10 Å². The number of hydrogen-bond donors (Lipinski definition) is 1. The van der Waals surface area contributed by atoms with E-state index in [4.69, 9.17) is 12.2 Å². The van der Waals surface area contributed by atoms with E-state index in [0.717, 1.165) is 11.4 Å². The molecule has 2 aromatic rings. The van der Waals surface area contributed by atoms with Gasteiger partial charge in [0, 0.05) is 12.6 Å². The largest absolute Gasteiger partial charge is 0.262 e. The van der Waals surface area contributed by atoms with Crippen molar-refractivity contribution < 1.29 is 0 Å². The van der Waals surface area contributed by atoms with Gasteiger partial charge in [-0.25, -0.2) is 0 Å². The number of hydrogen-bond acceptors (Lipinski definition) is 4. The molecule has 0 amide bonds. The summed E-state index contributed by atoms with van der Waals surface area (Å²) < 4.78 is 0.645. The lowest BCUT2D eigenvalue weighted by atomic mass is 10.1. The first kappa shape index (κ1) is 14.7. The highest BCUT2D eigenvalue weighted by molar-refractivity contribution is 8.22. The molecular weight excluding hydrogens is 286 g/mol. The Morgan fingerprint density at radius 2 is 1.95 bits per heavy atom. The highest BCUT2D eigenvalue weighted by Crippen LogP contribution is 2.06. The van der Waals surface area contributed by atoms with Crippen molar-refractivity contribution in [1.82, 2.24) is 10.4 Å². The molecule has 5 heteroatoms. The minimum Gasteiger partial charge on any atom is -0.262 e. The summed E-state index contributed by atoms with van der Waals surface area (Å²) in [6, 6.07) is 16.0. The maximum Gasteiger partial charge on any atom is 0.153 e. The molecule has 0 aliphatic heterocycles. The topological polar surface area (TPSA) is 37.3 Å². The standard InChI is InChI=1S/C15H15N3S2/c1-20-15(19)18-17-14(13-9-5-6-10-16-13)11-12-7-3-2-4-8-12/h2-10H,11H2,1H3,(H,18,19). The SMILES string of the molecule is CSC(=S)NN=C(Cc1ccccc1)c1ccccn1. The van der Waals surface area contributed by atoms with E-state index >= 15 is 0 Å². The Labute approximate surface area is 128 Å². The number of nitrogens with zero attached hydrogens (tertiary/aromatic N) is 2. The van der Waals surface area contributed by atoms with Crippen molar-refractivity contribution in [3.63, 3.8) is 0 Å². The summed E-state index contributed by atoms with van der Waals surface area (Å²) in [7, 11) is 0. The Kier molecular flexibility index (Phi) is 5.70. The molecule has 2 rings (SSSR count). The van der Waals surface area contributed by atoms with Gasteiger partial charge >= 0.3 is 0 Å². The number of nitrogens with one attached hydrogen (secondary N) is 1. The van der Waals surface area contributed by atoms with Crippen LogP contribution in [0.3, 0.4) is 0 Å². The quantitative estimate of drug-likeness (QED) is 0.534. The molecule has 0 aliphatic rings. The number of hydrazone groups is 1. The van der Waals surface area contributed by atoms with Crippen LogP contribution in [0.25, 0.3) is 0 Å². The molecule has 0 aliphatic carbocycles. The van der Waals surface area contributed by atoms with Crippen LogP contribution < -0.4 is 5.43 Å². The summed E-state index contributed by atoms with van der Waals surface area (Å²) in [5, 5.41) is 4.40. The summed E-state index contributed by atoms with van der Waals surface area (Å²) in [5.74, 6) is 0. The molecule has 0 fully saturated rings. The second-order valence-electron chi connectivity index (χ2n) is 4.04. The summed E-state index contributed by atoms with van der Waals surface area (Å²) >= 11 is 6.57. The molecule has 20 heavy (non-hydrogen) atoms. The van der Waals surface area contributed by atoms with Crippen LogP contribution in [0.2, 0.25) is 0 Å². The number of thioether (sulfide) groups is 1. The number of aromatic nitrogens is 1. The molecule has 1 aromatic heterocycles. The van der Waals surface area contributed by atoms with Crippen LogP contribution >= 0.6 is 24.0 Å². The first-order chi connectivity index (χ1) is 9.79. The molecular formula is C15H15N3S2. The summed E-state index contributed by atoms with van der Waals surface area (Å²) in [5.41, 5.74) is 5.81. The third-order valence-electron chi connectivity index (χ3n) is 2.64. The second kappa shape index (κ2) is 7.77. The Morgan fingerprint density at radius 1 is 1.20 bits per heavy atom. The molecule has 3 nitrogen and oxygen atoms in total. The van der Waals surface area contributed by atoms with Gasteiger partial charge in [0.2, 0.25) is 0 Å². The summed E-state index contributed by atoms with van der Waals surface area (Å²) in [6.45, 7) is 0. The van der Waals surface area contributed by atoms with Crippen molar-refractivity contribution in [3.8, 4) is 0 Å². The molecule has 1 heterocycles. The van der Waals surface area contributed by atoms with Crippen molar-refractivity contribution in [2.24, 2.45) is 5.10 Å². The van der Waals surface area contributed by atoms with E-state index in [2.05, 4.69) is 27.6 Å². The van der Waals surface area contributed by atoms with Crippen LogP contribution in [0.4, 0.5) is 0 Å². The van der Waals surface area contributed by atoms with Crippen LogP contribution in [0.5, 0.6) is 0 Å². The first-order valence-corrected chi connectivity index (χ1v) is 7.78. The zero-order valence-electron chi connectivity index (χ0n) is 11.1. The Morgan fingerprint density at radius 3 is 2.60 bits per heavy atom. The average Bonchev–Trinajstić information content (AvgIpc) is 2.53. The number of pyridine rings is 1. The number of rotatable bonds is 4. The van der Waals surface area contributed by atoms with Gasteiger partial charge in [-0.15, -0.1) is 0 Å². The van der Waals surface area contributed by atoms with Crippen molar-refractivity contribution in [2.75, 3.05) is 6.26 Å². The van der Waals surface area contributed by atoms with Gasteiger partial charge in [0.05, 0.1) is 11.4 Å². The van der Waals surface area contributed by atoms with E-state index < -0.39 is 0 Å². The average molecular weight is 301 g/mol. The van der Waals surface area contributed by atoms with Crippen LogP contribution in [0.15, 0.2) is 59.8 Å². The van der Waals surface area contributed by atoms with E-state index in [1.54, 1.807) is 6.20 Å². The Hall–Kier alpha value is -1.72. The third-order valence-corrected chi connectivity index (χ3v) is 3.70. The lowest BCUT2D eigenvalue weighted by Gasteiger charge is -2.07. The molecule has 0 saturated heterocycles. The highest BCUT2D eigenvalue weighted by Gasteiger charge is 2.06. The van der Waals surface area contributed by atoms with Crippen molar-refractivity contribution in [3.05, 3.63) is 66.0 Å². The van der Waals surface area contributed by atoms with Gasteiger partial charge in [0.1, 0.15) is 0 Å². The van der Waals surface area contributed by atoms with Crippen molar-refractivity contribution >= 4 is 34.0 Å². The highest BCUT2D eigenvalue weighted by atomic mass is 32.2. The van der Waals surface area contributed by atoms with Crippen molar-refractivity contribution in [1.29, 1.82) is 0 Å². The van der Waals surface area contributed by atoms with Crippen LogP contribution in [0.1, 0.15) is 11.3 Å². The van der Waals surface area contributed by atoms with E-state index in [1.165, 1.54) is 17.3 Å². The molecule has 102 valence electrons. The fraction of sp³-hybridized carbons (Fsp3) is 0.133. The zero-order valence-corrected chi connectivity index (χ0v) is 12.7. The van der Waals surface area contributed by atoms with Crippen LogP contribution in [-0.4, -0.2) is 21.3 Å². The molecule has 0 bridgehead atoms. The lowest BCUT2D eigenvalue weighted by molar-refractivity contribution is 1.04. The molecule has 1 aromatic carbocycles. The molecule has 0 radical (unpaired) electrons. The van der Waals surface area contributed by atoms with E-state index in [1.807, 2.05) is 42.7 Å². The van der Waals surface area contributed by atoms with Gasteiger partial charge < -0.3 is 0 Å². The predicted octanol–water partition coefficient (Wildman–Crippen LogP) is 3.27. The maximum absolute atomic E-state index is 5.11. The minimum absolute atomic E-state index is 0.645. The summed E-state index contributed by atoms with van der Waals surface area (Å²) in [6.07, 6.45) is 4.40. The predicted molar refractivity (Wildman–Crippen MR) is 90.2 cm³/mol. The first-order valence-electron chi connectivity index (χ1n) is 6.15. The smallest absolute Gasteiger partial charge is 0.153 e. The number of benzene rings is 1. The zero-order chi connectivity index (χ0) is 14.2. The lowest BCUT2D eigenvalue weighted by Crippen LogP contribution is -2.17. The van der Waals surface area contributed by atoms with Crippen LogP contribution in [0, 0.1) is 0 Å². The second-order valence-corrected chi connectivity index (χ2v) is 5.52. The minimum atomic E-state index is 0.645. The Balaban J connectivity index is 2.23. The van der Waals surface area contributed by atoms with E-state index in [-0.39, 0.29) is 0 Å².